The van der Waals surface area contributed by atoms with Crippen molar-refractivity contribution in [2.24, 2.45) is 35.5 Å². The molecule has 9 atom stereocenters. The zero-order valence-corrected chi connectivity index (χ0v) is 13.2. The summed E-state index contributed by atoms with van der Waals surface area (Å²) in [6.45, 7) is 3.85. The monoisotopic (exact) mass is 304 g/mol. The highest BCUT2D eigenvalue weighted by atomic mass is 32.2. The Hall–Kier alpha value is -0.770. The molecule has 21 heavy (non-hydrogen) atoms. The molecule has 2 aliphatic heterocycles. The van der Waals surface area contributed by atoms with Gasteiger partial charge in [-0.2, -0.15) is 0 Å². The standard InChI is InChI=1S/C17H20O3S/c1-16-5-6-17(2,21(16)20)13-12(16)14(18)10-8-3-4-9(7-8)11(10)15(13)19/h5-6,8-13H,3-4,7H2,1-2H3/t8-,9+,10-,11+,12-,13+,16+,17-,21?. The highest BCUT2D eigenvalue weighted by Crippen LogP contribution is 2.65. The van der Waals surface area contributed by atoms with Crippen LogP contribution in [0.4, 0.5) is 0 Å². The van der Waals surface area contributed by atoms with Crippen molar-refractivity contribution < 1.29 is 13.8 Å². The lowest BCUT2D eigenvalue weighted by atomic mass is 9.55. The van der Waals surface area contributed by atoms with E-state index in [0.29, 0.717) is 11.8 Å². The normalized spacial score (nSPS) is 63.2. The first-order valence-corrected chi connectivity index (χ1v) is 9.24. The second-order valence-electron chi connectivity index (χ2n) is 8.11. The van der Waals surface area contributed by atoms with Crippen molar-refractivity contribution in [2.75, 3.05) is 0 Å². The summed E-state index contributed by atoms with van der Waals surface area (Å²) < 4.78 is 11.7. The van der Waals surface area contributed by atoms with E-state index in [0.717, 1.165) is 19.3 Å². The summed E-state index contributed by atoms with van der Waals surface area (Å²) in [5, 5.41) is 0. The summed E-state index contributed by atoms with van der Waals surface area (Å²) in [6, 6.07) is 0. The number of fused-ring (bicyclic) bond motifs is 10. The molecule has 1 saturated heterocycles. The van der Waals surface area contributed by atoms with E-state index < -0.39 is 20.3 Å². The van der Waals surface area contributed by atoms with Gasteiger partial charge in [-0.3, -0.25) is 13.8 Å². The SMILES string of the molecule is C[C@]12C=C[C@](C)([C@@H]3C(=O)[C@H]4[C@H]5CC[C@H](C5)[C@H]4C(=O)[C@@H]31)S2=O. The quantitative estimate of drug-likeness (QED) is 0.642. The van der Waals surface area contributed by atoms with Gasteiger partial charge in [0.1, 0.15) is 11.6 Å². The Kier molecular flexibility index (Phi) is 2.07. The number of carbonyl (C=O) groups is 2. The highest BCUT2D eigenvalue weighted by Gasteiger charge is 2.74. The Bertz CT molecular complexity index is 600. The van der Waals surface area contributed by atoms with Crippen LogP contribution >= 0.6 is 0 Å². The average Bonchev–Trinajstić information content (AvgIpc) is 3.15. The lowest BCUT2D eigenvalue weighted by molar-refractivity contribution is -0.150. The van der Waals surface area contributed by atoms with Crippen molar-refractivity contribution in [2.45, 2.75) is 42.6 Å². The lowest BCUT2D eigenvalue weighted by Gasteiger charge is -2.44. The first-order chi connectivity index (χ1) is 9.89. The van der Waals surface area contributed by atoms with Gasteiger partial charge in [0.25, 0.3) is 0 Å². The third-order valence-corrected chi connectivity index (χ3v) is 9.68. The minimum Gasteiger partial charge on any atom is -0.299 e. The predicted octanol–water partition coefficient (Wildman–Crippen LogP) is 1.88. The first kappa shape index (κ1) is 12.7. The summed E-state index contributed by atoms with van der Waals surface area (Å²) >= 11 is 0. The molecule has 4 heteroatoms. The molecular formula is C17H20O3S. The molecule has 0 N–H and O–H groups in total. The van der Waals surface area contributed by atoms with Crippen LogP contribution in [0.25, 0.3) is 0 Å². The molecular weight excluding hydrogens is 284 g/mol. The van der Waals surface area contributed by atoms with Crippen molar-refractivity contribution >= 4 is 22.4 Å². The highest BCUT2D eigenvalue weighted by molar-refractivity contribution is 7.89. The maximum Gasteiger partial charge on any atom is 0.142 e. The molecule has 4 fully saturated rings. The second-order valence-corrected chi connectivity index (χ2v) is 10.4. The van der Waals surface area contributed by atoms with Gasteiger partial charge in [0.05, 0.1) is 9.49 Å². The number of rotatable bonds is 0. The van der Waals surface area contributed by atoms with Crippen molar-refractivity contribution in [3.05, 3.63) is 12.2 Å². The van der Waals surface area contributed by atoms with Crippen molar-refractivity contribution in [3.63, 3.8) is 0 Å². The summed E-state index contributed by atoms with van der Waals surface area (Å²) in [5.74, 6) is 0.602. The van der Waals surface area contributed by atoms with Crippen LogP contribution in [0.1, 0.15) is 33.1 Å². The van der Waals surface area contributed by atoms with Crippen LogP contribution in [0.15, 0.2) is 12.2 Å². The zero-order chi connectivity index (χ0) is 14.7. The van der Waals surface area contributed by atoms with Crippen LogP contribution in [0.2, 0.25) is 0 Å². The van der Waals surface area contributed by atoms with E-state index in [4.69, 9.17) is 0 Å². The first-order valence-electron chi connectivity index (χ1n) is 8.09. The topological polar surface area (TPSA) is 51.2 Å². The minimum atomic E-state index is -1.16. The molecule has 5 aliphatic rings. The fourth-order valence-electron chi connectivity index (χ4n) is 6.45. The zero-order valence-electron chi connectivity index (χ0n) is 12.4. The summed E-state index contributed by atoms with van der Waals surface area (Å²) in [7, 11) is -1.16. The Morgan fingerprint density at radius 2 is 1.38 bits per heavy atom. The van der Waals surface area contributed by atoms with E-state index in [1.165, 1.54) is 0 Å². The predicted molar refractivity (Wildman–Crippen MR) is 78.9 cm³/mol. The smallest absolute Gasteiger partial charge is 0.142 e. The van der Waals surface area contributed by atoms with Gasteiger partial charge in [0, 0.05) is 34.5 Å². The molecule has 0 radical (unpaired) electrons. The molecule has 3 saturated carbocycles. The molecule has 0 aromatic carbocycles. The van der Waals surface area contributed by atoms with E-state index in [9.17, 15) is 13.8 Å². The maximum atomic E-state index is 13.2. The second kappa shape index (κ2) is 3.42. The summed E-state index contributed by atoms with van der Waals surface area (Å²) in [5.41, 5.74) is 0. The van der Waals surface area contributed by atoms with Crippen molar-refractivity contribution in [1.29, 1.82) is 0 Å². The molecule has 3 aliphatic carbocycles. The van der Waals surface area contributed by atoms with E-state index in [2.05, 4.69) is 0 Å². The minimum absolute atomic E-state index is 0.0531. The van der Waals surface area contributed by atoms with Crippen LogP contribution in [0.5, 0.6) is 0 Å². The lowest BCUT2D eigenvalue weighted by Crippen LogP contribution is -2.56. The van der Waals surface area contributed by atoms with E-state index in [1.54, 1.807) is 0 Å². The van der Waals surface area contributed by atoms with Crippen molar-refractivity contribution in [3.8, 4) is 0 Å². The summed E-state index contributed by atoms with van der Waals surface area (Å²) in [4.78, 5) is 26.4. The third-order valence-electron chi connectivity index (χ3n) is 7.30. The molecule has 3 nitrogen and oxygen atoms in total. The van der Waals surface area contributed by atoms with Gasteiger partial charge in [-0.05, 0) is 44.9 Å². The fourth-order valence-corrected chi connectivity index (χ4v) is 8.74. The number of hydrogen-bond acceptors (Lipinski definition) is 3. The van der Waals surface area contributed by atoms with Gasteiger partial charge in [-0.15, -0.1) is 0 Å². The number of Topliss-reactive ketones (excluding diaryl/α,β-unsaturated/α-hetero) is 2. The van der Waals surface area contributed by atoms with E-state index >= 15 is 0 Å². The van der Waals surface area contributed by atoms with Crippen LogP contribution < -0.4 is 0 Å². The Morgan fingerprint density at radius 3 is 1.81 bits per heavy atom. The molecule has 1 unspecified atom stereocenters. The van der Waals surface area contributed by atoms with Gasteiger partial charge in [0.15, 0.2) is 0 Å². The molecule has 0 aromatic heterocycles. The molecule has 112 valence electrons. The molecule has 5 rings (SSSR count). The fraction of sp³-hybridized carbons (Fsp3) is 0.765. The van der Waals surface area contributed by atoms with Gasteiger partial charge >= 0.3 is 0 Å². The van der Waals surface area contributed by atoms with E-state index in [1.807, 2.05) is 26.0 Å². The van der Waals surface area contributed by atoms with Gasteiger partial charge in [0.2, 0.25) is 0 Å². The Morgan fingerprint density at radius 1 is 0.952 bits per heavy atom. The number of ketones is 2. The van der Waals surface area contributed by atoms with Crippen LogP contribution in [-0.4, -0.2) is 25.3 Å². The van der Waals surface area contributed by atoms with Crippen molar-refractivity contribution in [1.82, 2.24) is 0 Å². The Balaban J connectivity index is 1.70. The molecule has 0 spiro atoms. The Labute approximate surface area is 127 Å². The molecule has 4 bridgehead atoms. The van der Waals surface area contributed by atoms with Crippen LogP contribution in [0.3, 0.4) is 0 Å². The third kappa shape index (κ3) is 1.13. The number of hydrogen-bond donors (Lipinski definition) is 0. The van der Waals surface area contributed by atoms with Gasteiger partial charge < -0.3 is 0 Å². The molecule has 0 amide bonds. The number of carbonyl (C=O) groups excluding carboxylic acids is 2. The average molecular weight is 304 g/mol. The summed E-state index contributed by atoms with van der Waals surface area (Å²) in [6.07, 6.45) is 7.20. The van der Waals surface area contributed by atoms with Gasteiger partial charge in [-0.25, -0.2) is 0 Å². The van der Waals surface area contributed by atoms with Crippen LogP contribution in [-0.2, 0) is 20.4 Å². The maximum absolute atomic E-state index is 13.2. The molecule has 0 aromatic rings. The largest absolute Gasteiger partial charge is 0.299 e. The van der Waals surface area contributed by atoms with E-state index in [-0.39, 0.29) is 35.2 Å². The van der Waals surface area contributed by atoms with Gasteiger partial charge in [-0.1, -0.05) is 12.2 Å². The van der Waals surface area contributed by atoms with Crippen LogP contribution in [0, 0.1) is 35.5 Å². The molecule has 2 heterocycles.